The van der Waals surface area contributed by atoms with Crippen LogP contribution < -0.4 is 5.32 Å². The molecule has 0 unspecified atom stereocenters. The molecule has 0 saturated heterocycles. The molecule has 0 saturated carbocycles. The van der Waals surface area contributed by atoms with Crippen molar-refractivity contribution in [2.24, 2.45) is 0 Å². The Balaban J connectivity index is 2.02. The van der Waals surface area contributed by atoms with E-state index >= 15 is 0 Å². The van der Waals surface area contributed by atoms with Gasteiger partial charge in [0.2, 0.25) is 0 Å². The van der Waals surface area contributed by atoms with E-state index in [1.165, 1.54) is 12.4 Å². The van der Waals surface area contributed by atoms with Gasteiger partial charge >= 0.3 is 0 Å². The number of halogens is 1. The zero-order chi connectivity index (χ0) is 13.9. The van der Waals surface area contributed by atoms with Crippen LogP contribution in [0.4, 0.5) is 15.8 Å². The molecule has 2 aromatic carbocycles. The maximum Gasteiger partial charge on any atom is 0.143 e. The first-order valence-corrected chi connectivity index (χ1v) is 5.93. The van der Waals surface area contributed by atoms with E-state index in [0.717, 1.165) is 16.6 Å². The lowest BCUT2D eigenvalue weighted by Crippen LogP contribution is -1.96. The van der Waals surface area contributed by atoms with Crippen molar-refractivity contribution in [3.8, 4) is 6.07 Å². The highest BCUT2D eigenvalue weighted by Gasteiger charge is 2.08. The predicted octanol–water partition coefficient (Wildman–Crippen LogP) is 3.38. The van der Waals surface area contributed by atoms with Crippen LogP contribution >= 0.6 is 0 Å². The van der Waals surface area contributed by atoms with E-state index in [2.05, 4.69) is 15.3 Å². The zero-order valence-corrected chi connectivity index (χ0v) is 10.3. The maximum atomic E-state index is 13.5. The maximum absolute atomic E-state index is 13.5. The summed E-state index contributed by atoms with van der Waals surface area (Å²) in [4.78, 5) is 8.08. The average Bonchev–Trinajstić information content (AvgIpc) is 2.47. The van der Waals surface area contributed by atoms with Gasteiger partial charge in [-0.25, -0.2) is 14.4 Å². The van der Waals surface area contributed by atoms with Crippen molar-refractivity contribution in [3.05, 3.63) is 60.3 Å². The van der Waals surface area contributed by atoms with E-state index in [0.29, 0.717) is 5.69 Å². The van der Waals surface area contributed by atoms with Gasteiger partial charge in [0, 0.05) is 17.3 Å². The molecule has 1 aromatic heterocycles. The van der Waals surface area contributed by atoms with Crippen LogP contribution in [0.25, 0.3) is 10.9 Å². The molecule has 20 heavy (non-hydrogen) atoms. The van der Waals surface area contributed by atoms with Crippen LogP contribution in [0, 0.1) is 17.1 Å². The van der Waals surface area contributed by atoms with Crippen molar-refractivity contribution in [1.82, 2.24) is 9.97 Å². The number of hydrogen-bond donors (Lipinski definition) is 1. The number of hydrogen-bond acceptors (Lipinski definition) is 4. The molecular weight excluding hydrogens is 255 g/mol. The van der Waals surface area contributed by atoms with E-state index in [4.69, 9.17) is 5.26 Å². The predicted molar refractivity (Wildman–Crippen MR) is 73.9 cm³/mol. The highest BCUT2D eigenvalue weighted by atomic mass is 19.1. The van der Waals surface area contributed by atoms with Crippen molar-refractivity contribution in [2.75, 3.05) is 5.32 Å². The summed E-state index contributed by atoms with van der Waals surface area (Å²) in [5.74, 6) is -0.540. The molecule has 1 N–H and O–H groups in total. The minimum absolute atomic E-state index is 0.00286. The fourth-order valence-electron chi connectivity index (χ4n) is 1.96. The first-order valence-electron chi connectivity index (χ1n) is 5.93. The second kappa shape index (κ2) is 4.94. The van der Waals surface area contributed by atoms with E-state index in [1.807, 2.05) is 24.3 Å². The molecule has 4 nitrogen and oxygen atoms in total. The summed E-state index contributed by atoms with van der Waals surface area (Å²) in [7, 11) is 0. The summed E-state index contributed by atoms with van der Waals surface area (Å²) >= 11 is 0. The van der Waals surface area contributed by atoms with Crippen molar-refractivity contribution in [3.63, 3.8) is 0 Å². The fraction of sp³-hybridized carbons (Fsp3) is 0. The first kappa shape index (κ1) is 12.1. The van der Waals surface area contributed by atoms with Crippen molar-refractivity contribution in [2.45, 2.75) is 0 Å². The van der Waals surface area contributed by atoms with Crippen LogP contribution in [-0.2, 0) is 0 Å². The topological polar surface area (TPSA) is 61.6 Å². The Labute approximate surface area is 114 Å². The van der Waals surface area contributed by atoms with Gasteiger partial charge in [-0.15, -0.1) is 0 Å². The number of aromatic nitrogens is 2. The van der Waals surface area contributed by atoms with Gasteiger partial charge in [0.25, 0.3) is 0 Å². The lowest BCUT2D eigenvalue weighted by Gasteiger charge is -2.09. The molecule has 5 heteroatoms. The van der Waals surface area contributed by atoms with Crippen molar-refractivity contribution >= 4 is 22.3 Å². The summed E-state index contributed by atoms with van der Waals surface area (Å²) in [6.45, 7) is 0. The molecule has 0 aliphatic carbocycles. The van der Waals surface area contributed by atoms with Crippen LogP contribution in [0.1, 0.15) is 5.56 Å². The first-order chi connectivity index (χ1) is 9.78. The average molecular weight is 264 g/mol. The van der Waals surface area contributed by atoms with Crippen LogP contribution in [-0.4, -0.2) is 9.97 Å². The summed E-state index contributed by atoms with van der Waals surface area (Å²) < 4.78 is 13.5. The molecule has 0 atom stereocenters. The largest absolute Gasteiger partial charge is 0.354 e. The number of fused-ring (bicyclic) bond motifs is 1. The summed E-state index contributed by atoms with van der Waals surface area (Å²) in [5, 5.41) is 12.9. The van der Waals surface area contributed by atoms with Gasteiger partial charge in [-0.2, -0.15) is 5.26 Å². The number of anilines is 2. The Morgan fingerprint density at radius 1 is 1.20 bits per heavy atom. The molecule has 0 fully saturated rings. The van der Waals surface area contributed by atoms with Gasteiger partial charge in [0.05, 0.1) is 11.2 Å². The highest BCUT2D eigenvalue weighted by Crippen LogP contribution is 2.24. The Bertz CT molecular complexity index is 823. The molecule has 3 rings (SSSR count). The molecule has 96 valence electrons. The van der Waals surface area contributed by atoms with E-state index in [-0.39, 0.29) is 5.56 Å². The van der Waals surface area contributed by atoms with Gasteiger partial charge in [0.15, 0.2) is 0 Å². The molecule has 0 bridgehead atoms. The lowest BCUT2D eigenvalue weighted by molar-refractivity contribution is 0.624. The number of rotatable bonds is 2. The normalized spacial score (nSPS) is 10.2. The molecule has 0 radical (unpaired) electrons. The lowest BCUT2D eigenvalue weighted by atomic mass is 10.1. The van der Waals surface area contributed by atoms with Crippen LogP contribution in [0.2, 0.25) is 0 Å². The molecule has 0 spiro atoms. The Kier molecular flexibility index (Phi) is 2.98. The Morgan fingerprint density at radius 3 is 2.95 bits per heavy atom. The SMILES string of the molecule is N#Cc1c(F)cccc1Nc1ccc2ncncc2c1. The molecule has 0 amide bonds. The minimum Gasteiger partial charge on any atom is -0.354 e. The number of nitriles is 1. The smallest absolute Gasteiger partial charge is 0.143 e. The second-order valence-corrected chi connectivity index (χ2v) is 4.20. The highest BCUT2D eigenvalue weighted by molar-refractivity contribution is 5.83. The molecule has 3 aromatic rings. The van der Waals surface area contributed by atoms with Gasteiger partial charge in [-0.1, -0.05) is 6.07 Å². The molecular formula is C15H9FN4. The number of benzene rings is 2. The monoisotopic (exact) mass is 264 g/mol. The quantitative estimate of drug-likeness (QED) is 0.770. The standard InChI is InChI=1S/C15H9FN4/c16-13-2-1-3-15(12(13)7-17)20-11-4-5-14-10(6-11)8-18-9-19-14/h1-6,8-9,20H. The number of nitrogens with one attached hydrogen (secondary N) is 1. The van der Waals surface area contributed by atoms with Crippen LogP contribution in [0.3, 0.4) is 0 Å². The Morgan fingerprint density at radius 2 is 2.10 bits per heavy atom. The second-order valence-electron chi connectivity index (χ2n) is 4.20. The van der Waals surface area contributed by atoms with E-state index in [1.54, 1.807) is 18.3 Å². The molecule has 0 aliphatic heterocycles. The summed E-state index contributed by atoms with van der Waals surface area (Å²) in [6.07, 6.45) is 3.18. The van der Waals surface area contributed by atoms with Gasteiger partial charge in [-0.3, -0.25) is 0 Å². The third-order valence-corrected chi connectivity index (χ3v) is 2.91. The third-order valence-electron chi connectivity index (χ3n) is 2.91. The number of nitrogens with zero attached hydrogens (tertiary/aromatic N) is 3. The van der Waals surface area contributed by atoms with E-state index < -0.39 is 5.82 Å². The van der Waals surface area contributed by atoms with E-state index in [9.17, 15) is 4.39 Å². The summed E-state index contributed by atoms with van der Waals surface area (Å²) in [5.41, 5.74) is 2.00. The van der Waals surface area contributed by atoms with Gasteiger partial charge in [0.1, 0.15) is 23.8 Å². The van der Waals surface area contributed by atoms with Crippen LogP contribution in [0.5, 0.6) is 0 Å². The van der Waals surface area contributed by atoms with Crippen molar-refractivity contribution in [1.29, 1.82) is 5.26 Å². The zero-order valence-electron chi connectivity index (χ0n) is 10.3. The van der Waals surface area contributed by atoms with Gasteiger partial charge < -0.3 is 5.32 Å². The summed E-state index contributed by atoms with van der Waals surface area (Å²) in [6, 6.07) is 11.8. The van der Waals surface area contributed by atoms with Crippen LogP contribution in [0.15, 0.2) is 48.9 Å². The minimum atomic E-state index is -0.540. The third kappa shape index (κ3) is 2.15. The van der Waals surface area contributed by atoms with Gasteiger partial charge in [-0.05, 0) is 30.3 Å². The fourth-order valence-corrected chi connectivity index (χ4v) is 1.96. The van der Waals surface area contributed by atoms with Crippen molar-refractivity contribution < 1.29 is 4.39 Å². The Hall–Kier alpha value is -3.00. The molecule has 1 heterocycles. The molecule has 0 aliphatic rings.